The van der Waals surface area contributed by atoms with Crippen LogP contribution < -0.4 is 5.32 Å². The fourth-order valence-electron chi connectivity index (χ4n) is 2.79. The molecule has 1 atom stereocenters. The van der Waals surface area contributed by atoms with E-state index in [4.69, 9.17) is 9.52 Å². The average Bonchev–Trinajstić information content (AvgIpc) is 2.89. The maximum absolute atomic E-state index is 10.8. The number of carboxylic acids is 1. The van der Waals surface area contributed by atoms with Crippen molar-refractivity contribution in [3.8, 4) is 0 Å². The van der Waals surface area contributed by atoms with Gasteiger partial charge in [-0.25, -0.2) is 4.79 Å². The van der Waals surface area contributed by atoms with Crippen molar-refractivity contribution in [2.24, 2.45) is 5.92 Å². The van der Waals surface area contributed by atoms with Crippen LogP contribution in [-0.4, -0.2) is 42.2 Å². The van der Waals surface area contributed by atoms with E-state index in [2.05, 4.69) is 17.1 Å². The Bertz CT molecular complexity index is 425. The van der Waals surface area contributed by atoms with E-state index in [-0.39, 0.29) is 5.76 Å². The lowest BCUT2D eigenvalue weighted by Crippen LogP contribution is -2.38. The average molecular weight is 280 g/mol. The molecule has 0 aliphatic carbocycles. The zero-order chi connectivity index (χ0) is 14.4. The Morgan fingerprint density at radius 1 is 1.55 bits per heavy atom. The monoisotopic (exact) mass is 280 g/mol. The van der Waals surface area contributed by atoms with Crippen LogP contribution in [0.1, 0.15) is 42.5 Å². The molecule has 1 unspecified atom stereocenters. The highest BCUT2D eigenvalue weighted by atomic mass is 16.4. The van der Waals surface area contributed by atoms with Crippen LogP contribution in [0.15, 0.2) is 16.5 Å². The predicted octanol–water partition coefficient (Wildman–Crippen LogP) is 2.19. The first-order valence-corrected chi connectivity index (χ1v) is 7.44. The highest BCUT2D eigenvalue weighted by Crippen LogP contribution is 2.16. The molecule has 2 heterocycles. The standard InChI is InChI=1S/C15H24N2O3/c1-2-8-17(10-12-4-3-7-16-9-12)11-13-5-6-14(20-13)15(18)19/h5-6,12,16H,2-4,7-11H2,1H3,(H,18,19). The molecule has 1 aromatic rings. The minimum atomic E-state index is -1.00. The lowest BCUT2D eigenvalue weighted by atomic mass is 9.99. The van der Waals surface area contributed by atoms with Gasteiger partial charge in [0.25, 0.3) is 0 Å². The molecule has 0 bridgehead atoms. The van der Waals surface area contributed by atoms with Crippen molar-refractivity contribution in [2.75, 3.05) is 26.2 Å². The van der Waals surface area contributed by atoms with Crippen molar-refractivity contribution in [2.45, 2.75) is 32.7 Å². The summed E-state index contributed by atoms with van der Waals surface area (Å²) >= 11 is 0. The number of nitrogens with one attached hydrogen (secondary N) is 1. The summed E-state index contributed by atoms with van der Waals surface area (Å²) < 4.78 is 5.35. The maximum Gasteiger partial charge on any atom is 0.371 e. The normalized spacial score (nSPS) is 19.4. The minimum absolute atomic E-state index is 0.0239. The zero-order valence-electron chi connectivity index (χ0n) is 12.1. The molecule has 0 spiro atoms. The molecule has 1 aliphatic rings. The lowest BCUT2D eigenvalue weighted by Gasteiger charge is -2.29. The summed E-state index contributed by atoms with van der Waals surface area (Å²) in [5.41, 5.74) is 0. The molecule has 2 N–H and O–H groups in total. The van der Waals surface area contributed by atoms with E-state index in [9.17, 15) is 4.79 Å². The van der Waals surface area contributed by atoms with E-state index in [1.165, 1.54) is 18.9 Å². The Hall–Kier alpha value is -1.33. The molecule has 112 valence electrons. The Morgan fingerprint density at radius 2 is 2.40 bits per heavy atom. The van der Waals surface area contributed by atoms with Gasteiger partial charge in [0.1, 0.15) is 5.76 Å². The molecule has 0 saturated carbocycles. The zero-order valence-corrected chi connectivity index (χ0v) is 12.1. The summed E-state index contributed by atoms with van der Waals surface area (Å²) in [6.45, 7) is 7.13. The Labute approximate surface area is 119 Å². The predicted molar refractivity (Wildman–Crippen MR) is 76.8 cm³/mol. The smallest absolute Gasteiger partial charge is 0.371 e. The number of hydrogen-bond acceptors (Lipinski definition) is 4. The number of carboxylic acid groups (broad SMARTS) is 1. The number of furan rings is 1. The molecule has 5 nitrogen and oxygen atoms in total. The van der Waals surface area contributed by atoms with Crippen molar-refractivity contribution in [3.63, 3.8) is 0 Å². The Balaban J connectivity index is 1.91. The van der Waals surface area contributed by atoms with Gasteiger partial charge in [-0.2, -0.15) is 0 Å². The summed E-state index contributed by atoms with van der Waals surface area (Å²) in [4.78, 5) is 13.2. The van der Waals surface area contributed by atoms with Crippen LogP contribution in [0.4, 0.5) is 0 Å². The van der Waals surface area contributed by atoms with Gasteiger partial charge in [0.15, 0.2) is 0 Å². The van der Waals surface area contributed by atoms with Crippen molar-refractivity contribution in [1.29, 1.82) is 0 Å². The van der Waals surface area contributed by atoms with E-state index >= 15 is 0 Å². The summed E-state index contributed by atoms with van der Waals surface area (Å²) in [7, 11) is 0. The molecule has 1 aliphatic heterocycles. The first kappa shape index (κ1) is 15.1. The molecule has 5 heteroatoms. The third kappa shape index (κ3) is 4.35. The van der Waals surface area contributed by atoms with Crippen molar-refractivity contribution < 1.29 is 14.3 Å². The number of rotatable bonds is 7. The van der Waals surface area contributed by atoms with Crippen LogP contribution in [0.2, 0.25) is 0 Å². The van der Waals surface area contributed by atoms with E-state index in [1.54, 1.807) is 6.07 Å². The quantitative estimate of drug-likeness (QED) is 0.801. The number of aromatic carboxylic acids is 1. The second-order valence-electron chi connectivity index (χ2n) is 5.52. The number of hydrogen-bond donors (Lipinski definition) is 2. The Morgan fingerprint density at radius 3 is 3.00 bits per heavy atom. The van der Waals surface area contributed by atoms with E-state index in [1.807, 2.05) is 0 Å². The molecule has 20 heavy (non-hydrogen) atoms. The molecule has 0 aromatic carbocycles. The van der Waals surface area contributed by atoms with Crippen LogP contribution in [0.3, 0.4) is 0 Å². The first-order chi connectivity index (χ1) is 9.69. The van der Waals surface area contributed by atoms with Crippen LogP contribution in [-0.2, 0) is 6.54 Å². The van der Waals surface area contributed by atoms with Crippen LogP contribution in [0, 0.1) is 5.92 Å². The minimum Gasteiger partial charge on any atom is -0.475 e. The summed E-state index contributed by atoms with van der Waals surface area (Å²) in [5.74, 6) is 0.439. The fourth-order valence-corrected chi connectivity index (χ4v) is 2.79. The van der Waals surface area contributed by atoms with Gasteiger partial charge < -0.3 is 14.8 Å². The summed E-state index contributed by atoms with van der Waals surface area (Å²) in [6.07, 6.45) is 3.60. The van der Waals surface area contributed by atoms with Crippen LogP contribution >= 0.6 is 0 Å². The van der Waals surface area contributed by atoms with E-state index in [0.717, 1.165) is 38.4 Å². The van der Waals surface area contributed by atoms with E-state index < -0.39 is 5.97 Å². The fraction of sp³-hybridized carbons (Fsp3) is 0.667. The summed E-state index contributed by atoms with van der Waals surface area (Å²) in [6, 6.07) is 3.30. The third-order valence-corrected chi connectivity index (χ3v) is 3.71. The van der Waals surface area contributed by atoms with Crippen molar-refractivity contribution >= 4 is 5.97 Å². The van der Waals surface area contributed by atoms with E-state index in [0.29, 0.717) is 12.5 Å². The van der Waals surface area contributed by atoms with Crippen LogP contribution in [0.25, 0.3) is 0 Å². The SMILES string of the molecule is CCCN(Cc1ccc(C(=O)O)o1)CC1CCCNC1. The van der Waals surface area contributed by atoms with Crippen molar-refractivity contribution in [1.82, 2.24) is 10.2 Å². The number of carbonyl (C=O) groups is 1. The largest absolute Gasteiger partial charge is 0.475 e. The van der Waals surface area contributed by atoms with Crippen LogP contribution in [0.5, 0.6) is 0 Å². The molecule has 1 aromatic heterocycles. The van der Waals surface area contributed by atoms with Gasteiger partial charge >= 0.3 is 5.97 Å². The molecule has 0 radical (unpaired) electrons. The highest BCUT2D eigenvalue weighted by molar-refractivity contribution is 5.84. The summed E-state index contributed by atoms with van der Waals surface area (Å²) in [5, 5.41) is 12.3. The molecule has 2 rings (SSSR count). The van der Waals surface area contributed by atoms with Crippen molar-refractivity contribution in [3.05, 3.63) is 23.7 Å². The molecular weight excluding hydrogens is 256 g/mol. The van der Waals surface area contributed by atoms with Gasteiger partial charge in [0, 0.05) is 6.54 Å². The molecule has 1 fully saturated rings. The van der Waals surface area contributed by atoms with Gasteiger partial charge in [-0.15, -0.1) is 0 Å². The lowest BCUT2D eigenvalue weighted by molar-refractivity contribution is 0.0657. The second kappa shape index (κ2) is 7.45. The highest BCUT2D eigenvalue weighted by Gasteiger charge is 2.18. The topological polar surface area (TPSA) is 65.7 Å². The Kier molecular flexibility index (Phi) is 5.61. The van der Waals surface area contributed by atoms with Gasteiger partial charge in [-0.1, -0.05) is 6.92 Å². The third-order valence-electron chi connectivity index (χ3n) is 3.71. The van der Waals surface area contributed by atoms with Gasteiger partial charge in [-0.3, -0.25) is 4.90 Å². The second-order valence-corrected chi connectivity index (χ2v) is 5.52. The molecule has 0 amide bonds. The maximum atomic E-state index is 10.8. The van der Waals surface area contributed by atoms with Gasteiger partial charge in [0.05, 0.1) is 6.54 Å². The molecule has 1 saturated heterocycles. The number of piperidine rings is 1. The number of nitrogens with zero attached hydrogens (tertiary/aromatic N) is 1. The first-order valence-electron chi connectivity index (χ1n) is 7.44. The van der Waals surface area contributed by atoms with Gasteiger partial charge in [-0.05, 0) is 56.9 Å². The molecular formula is C15H24N2O3. The van der Waals surface area contributed by atoms with Gasteiger partial charge in [0.2, 0.25) is 5.76 Å².